The average Bonchev–Trinajstić information content (AvgIpc) is 2.37. The predicted molar refractivity (Wildman–Crippen MR) is 70.0 cm³/mol. The lowest BCUT2D eigenvalue weighted by Crippen LogP contribution is -2.29. The zero-order valence-corrected chi connectivity index (χ0v) is 10.6. The standard InChI is InChI=1S/C11H18N4O3/c1-3-6-14(7-8-16)11-9(15(17)18)4-5-10(12-2)13-11/h4-5,16H,3,6-8H2,1-2H3,(H,12,13). The van der Waals surface area contributed by atoms with E-state index in [1.807, 2.05) is 6.92 Å². The fraction of sp³-hybridized carbons (Fsp3) is 0.545. The molecule has 0 aliphatic rings. The molecule has 0 atom stereocenters. The van der Waals surface area contributed by atoms with E-state index in [0.29, 0.717) is 24.7 Å². The highest BCUT2D eigenvalue weighted by Gasteiger charge is 2.21. The molecule has 7 heteroatoms. The van der Waals surface area contributed by atoms with Gasteiger partial charge in [0, 0.05) is 26.2 Å². The van der Waals surface area contributed by atoms with Crippen LogP contribution in [-0.2, 0) is 0 Å². The van der Waals surface area contributed by atoms with Gasteiger partial charge in [-0.15, -0.1) is 0 Å². The van der Waals surface area contributed by atoms with Gasteiger partial charge >= 0.3 is 5.69 Å². The molecule has 0 amide bonds. The van der Waals surface area contributed by atoms with Gasteiger partial charge in [-0.05, 0) is 12.5 Å². The molecule has 1 aromatic heterocycles. The highest BCUT2D eigenvalue weighted by molar-refractivity contribution is 5.61. The van der Waals surface area contributed by atoms with Crippen molar-refractivity contribution in [2.24, 2.45) is 0 Å². The van der Waals surface area contributed by atoms with E-state index >= 15 is 0 Å². The van der Waals surface area contributed by atoms with E-state index in [-0.39, 0.29) is 12.3 Å². The third-order valence-corrected chi connectivity index (χ3v) is 2.47. The van der Waals surface area contributed by atoms with Crippen LogP contribution in [0.2, 0.25) is 0 Å². The van der Waals surface area contributed by atoms with Crippen molar-refractivity contribution in [2.45, 2.75) is 13.3 Å². The monoisotopic (exact) mass is 254 g/mol. The lowest BCUT2D eigenvalue weighted by molar-refractivity contribution is -0.384. The molecule has 100 valence electrons. The molecule has 0 aliphatic heterocycles. The molecule has 0 radical (unpaired) electrons. The van der Waals surface area contributed by atoms with Crippen LogP contribution in [0, 0.1) is 10.1 Å². The Morgan fingerprint density at radius 1 is 1.50 bits per heavy atom. The van der Waals surface area contributed by atoms with Gasteiger partial charge < -0.3 is 15.3 Å². The summed E-state index contributed by atoms with van der Waals surface area (Å²) in [5, 5.41) is 22.9. The topological polar surface area (TPSA) is 91.5 Å². The third kappa shape index (κ3) is 3.30. The zero-order valence-electron chi connectivity index (χ0n) is 10.6. The van der Waals surface area contributed by atoms with Crippen molar-refractivity contribution < 1.29 is 10.0 Å². The summed E-state index contributed by atoms with van der Waals surface area (Å²) in [6.45, 7) is 2.84. The molecule has 2 N–H and O–H groups in total. The Balaban J connectivity index is 3.18. The number of nitro groups is 1. The van der Waals surface area contributed by atoms with Crippen molar-refractivity contribution in [3.63, 3.8) is 0 Å². The third-order valence-electron chi connectivity index (χ3n) is 2.47. The second kappa shape index (κ2) is 6.75. The number of anilines is 2. The van der Waals surface area contributed by atoms with E-state index in [1.54, 1.807) is 18.0 Å². The maximum atomic E-state index is 11.0. The highest BCUT2D eigenvalue weighted by atomic mass is 16.6. The Kier molecular flexibility index (Phi) is 5.31. The van der Waals surface area contributed by atoms with Crippen molar-refractivity contribution >= 4 is 17.3 Å². The molecule has 18 heavy (non-hydrogen) atoms. The van der Waals surface area contributed by atoms with Gasteiger partial charge in [-0.1, -0.05) is 6.92 Å². The van der Waals surface area contributed by atoms with E-state index in [1.165, 1.54) is 6.07 Å². The molecule has 1 rings (SSSR count). The molecule has 0 aliphatic carbocycles. The molecule has 0 bridgehead atoms. The summed E-state index contributed by atoms with van der Waals surface area (Å²) in [7, 11) is 1.70. The van der Waals surface area contributed by atoms with Crippen LogP contribution in [0.25, 0.3) is 0 Å². The quantitative estimate of drug-likeness (QED) is 0.562. The highest BCUT2D eigenvalue weighted by Crippen LogP contribution is 2.27. The minimum absolute atomic E-state index is 0.0455. The van der Waals surface area contributed by atoms with Crippen molar-refractivity contribution in [3.8, 4) is 0 Å². The van der Waals surface area contributed by atoms with Crippen molar-refractivity contribution in [1.29, 1.82) is 0 Å². The summed E-state index contributed by atoms with van der Waals surface area (Å²) >= 11 is 0. The van der Waals surface area contributed by atoms with Crippen LogP contribution in [0.5, 0.6) is 0 Å². The Morgan fingerprint density at radius 3 is 2.72 bits per heavy atom. The molecule has 1 aromatic rings. The Hall–Kier alpha value is -1.89. The predicted octanol–water partition coefficient (Wildman–Crippen LogP) is 1.24. The van der Waals surface area contributed by atoms with Crippen LogP contribution in [0.15, 0.2) is 12.1 Å². The van der Waals surface area contributed by atoms with Crippen molar-refractivity contribution in [1.82, 2.24) is 4.98 Å². The summed E-state index contributed by atoms with van der Waals surface area (Å²) in [6.07, 6.45) is 0.822. The summed E-state index contributed by atoms with van der Waals surface area (Å²) in [4.78, 5) is 16.5. The molecule has 0 fully saturated rings. The molecule has 0 spiro atoms. The van der Waals surface area contributed by atoms with Crippen LogP contribution < -0.4 is 10.2 Å². The first-order valence-electron chi connectivity index (χ1n) is 5.83. The Morgan fingerprint density at radius 2 is 2.22 bits per heavy atom. The number of aliphatic hydroxyl groups is 1. The minimum atomic E-state index is -0.457. The maximum absolute atomic E-state index is 11.0. The van der Waals surface area contributed by atoms with E-state index in [9.17, 15) is 10.1 Å². The lowest BCUT2D eigenvalue weighted by atomic mass is 10.3. The first-order valence-corrected chi connectivity index (χ1v) is 5.83. The second-order valence-corrected chi connectivity index (χ2v) is 3.76. The SMILES string of the molecule is CCCN(CCO)c1nc(NC)ccc1[N+](=O)[O-]. The molecule has 0 saturated carbocycles. The van der Waals surface area contributed by atoms with Crippen molar-refractivity contribution in [2.75, 3.05) is 37.0 Å². The summed E-state index contributed by atoms with van der Waals surface area (Å²) in [5.41, 5.74) is -0.0455. The van der Waals surface area contributed by atoms with Crippen LogP contribution in [0.4, 0.5) is 17.3 Å². The minimum Gasteiger partial charge on any atom is -0.395 e. The molecular weight excluding hydrogens is 236 g/mol. The lowest BCUT2D eigenvalue weighted by Gasteiger charge is -2.22. The van der Waals surface area contributed by atoms with Gasteiger partial charge in [0.1, 0.15) is 5.82 Å². The normalized spacial score (nSPS) is 10.2. The number of nitrogens with zero attached hydrogens (tertiary/aromatic N) is 3. The van der Waals surface area contributed by atoms with Gasteiger partial charge in [0.15, 0.2) is 0 Å². The van der Waals surface area contributed by atoms with Gasteiger partial charge in [0.05, 0.1) is 11.5 Å². The first-order chi connectivity index (χ1) is 8.63. The summed E-state index contributed by atoms with van der Waals surface area (Å²) in [5.74, 6) is 0.859. The number of aromatic nitrogens is 1. The van der Waals surface area contributed by atoms with E-state index in [4.69, 9.17) is 5.11 Å². The largest absolute Gasteiger partial charge is 0.395 e. The number of rotatable bonds is 7. The van der Waals surface area contributed by atoms with Gasteiger partial charge in [-0.25, -0.2) is 4.98 Å². The summed E-state index contributed by atoms with van der Waals surface area (Å²) in [6, 6.07) is 2.99. The van der Waals surface area contributed by atoms with Crippen LogP contribution in [0.1, 0.15) is 13.3 Å². The number of nitrogens with one attached hydrogen (secondary N) is 1. The number of hydrogen-bond acceptors (Lipinski definition) is 6. The number of hydrogen-bond donors (Lipinski definition) is 2. The van der Waals surface area contributed by atoms with Crippen LogP contribution in [-0.4, -0.2) is 41.8 Å². The number of pyridine rings is 1. The summed E-state index contributed by atoms with van der Waals surface area (Å²) < 4.78 is 0. The van der Waals surface area contributed by atoms with Gasteiger partial charge in [-0.2, -0.15) is 0 Å². The molecular formula is C11H18N4O3. The maximum Gasteiger partial charge on any atom is 0.311 e. The van der Waals surface area contributed by atoms with Gasteiger partial charge in [-0.3, -0.25) is 10.1 Å². The number of aliphatic hydroxyl groups excluding tert-OH is 1. The first kappa shape index (κ1) is 14.2. The van der Waals surface area contributed by atoms with Gasteiger partial charge in [0.2, 0.25) is 5.82 Å². The molecule has 1 heterocycles. The van der Waals surface area contributed by atoms with Crippen LogP contribution in [0.3, 0.4) is 0 Å². The molecule has 7 nitrogen and oxygen atoms in total. The fourth-order valence-corrected chi connectivity index (χ4v) is 1.67. The molecule has 0 aromatic carbocycles. The Bertz CT molecular complexity index is 405. The van der Waals surface area contributed by atoms with Gasteiger partial charge in [0.25, 0.3) is 0 Å². The smallest absolute Gasteiger partial charge is 0.311 e. The fourth-order valence-electron chi connectivity index (χ4n) is 1.67. The Labute approximate surface area is 106 Å². The average molecular weight is 254 g/mol. The van der Waals surface area contributed by atoms with E-state index in [2.05, 4.69) is 10.3 Å². The van der Waals surface area contributed by atoms with Crippen LogP contribution >= 0.6 is 0 Å². The van der Waals surface area contributed by atoms with E-state index < -0.39 is 4.92 Å². The molecule has 0 saturated heterocycles. The second-order valence-electron chi connectivity index (χ2n) is 3.76. The molecule has 0 unspecified atom stereocenters. The van der Waals surface area contributed by atoms with Crippen molar-refractivity contribution in [3.05, 3.63) is 22.2 Å². The van der Waals surface area contributed by atoms with E-state index in [0.717, 1.165) is 6.42 Å². The zero-order chi connectivity index (χ0) is 13.5.